The lowest BCUT2D eigenvalue weighted by atomic mass is 10.5. The van der Waals surface area contributed by atoms with E-state index >= 15 is 0 Å². The summed E-state index contributed by atoms with van der Waals surface area (Å²) in [6, 6.07) is 0. The molecule has 0 bridgehead atoms. The number of hydrogen-bond donors (Lipinski definition) is 2. The molecular weight excluding hydrogens is 264 g/mol. The molecule has 0 rings (SSSR count). The summed E-state index contributed by atoms with van der Waals surface area (Å²) >= 11 is 0. The molecule has 0 unspecified atom stereocenters. The Labute approximate surface area is 97.2 Å². The van der Waals surface area contributed by atoms with Gasteiger partial charge >= 0.3 is 11.9 Å². The Bertz CT molecular complexity index is 167. The summed E-state index contributed by atoms with van der Waals surface area (Å²) in [5.74, 6) is -0.429. The molecule has 0 spiro atoms. The van der Waals surface area contributed by atoms with Gasteiger partial charge in [0, 0.05) is 11.5 Å². The highest BCUT2D eigenvalue weighted by atomic mass is 33.7. The molecule has 8 heteroatoms. The van der Waals surface area contributed by atoms with E-state index in [0.717, 1.165) is 0 Å². The van der Waals surface area contributed by atoms with Crippen LogP contribution in [0.1, 0.15) is 12.8 Å². The molecule has 0 aliphatic heterocycles. The van der Waals surface area contributed by atoms with E-state index in [-0.39, 0.29) is 12.8 Å². The van der Waals surface area contributed by atoms with E-state index in [0.29, 0.717) is 11.5 Å². The summed E-state index contributed by atoms with van der Waals surface area (Å²) in [7, 11) is 5.92. The fourth-order valence-corrected chi connectivity index (χ4v) is 6.29. The molecule has 0 amide bonds. The highest BCUT2D eigenvalue weighted by molar-refractivity contribution is 9.26. The molecule has 2 N–H and O–H groups in total. The van der Waals surface area contributed by atoms with Crippen LogP contribution in [0.25, 0.3) is 0 Å². The van der Waals surface area contributed by atoms with E-state index in [1.807, 2.05) is 0 Å². The fraction of sp³-hybridized carbons (Fsp3) is 0.667. The predicted octanol–water partition coefficient (Wildman–Crippen LogP) is 2.61. The topological polar surface area (TPSA) is 74.6 Å². The van der Waals surface area contributed by atoms with Gasteiger partial charge in [-0.3, -0.25) is 9.59 Å². The average Bonchev–Trinajstić information content (AvgIpc) is 2.08. The van der Waals surface area contributed by atoms with E-state index in [1.54, 1.807) is 0 Å². The van der Waals surface area contributed by atoms with Gasteiger partial charge in [-0.15, -0.1) is 0 Å². The van der Waals surface area contributed by atoms with Crippen molar-refractivity contribution in [3.05, 3.63) is 0 Å². The second-order valence-electron chi connectivity index (χ2n) is 2.07. The zero-order valence-electron chi connectivity index (χ0n) is 7.17. The van der Waals surface area contributed by atoms with Crippen LogP contribution in [0.3, 0.4) is 0 Å². The lowest BCUT2D eigenvalue weighted by molar-refractivity contribution is -0.137. The Morgan fingerprint density at radius 2 is 1.21 bits per heavy atom. The van der Waals surface area contributed by atoms with Crippen molar-refractivity contribution in [2.45, 2.75) is 12.8 Å². The minimum atomic E-state index is -0.790. The average molecular weight is 274 g/mol. The van der Waals surface area contributed by atoms with Crippen LogP contribution in [-0.4, -0.2) is 33.7 Å². The Morgan fingerprint density at radius 1 is 0.857 bits per heavy atom. The highest BCUT2D eigenvalue weighted by Crippen LogP contribution is 2.43. The van der Waals surface area contributed by atoms with Gasteiger partial charge in [-0.25, -0.2) is 0 Å². The van der Waals surface area contributed by atoms with E-state index < -0.39 is 11.9 Å². The van der Waals surface area contributed by atoms with Crippen LogP contribution < -0.4 is 0 Å². The molecule has 0 fully saturated rings. The van der Waals surface area contributed by atoms with Crippen LogP contribution in [-0.2, 0) is 9.59 Å². The Hall–Kier alpha value is 0.340. The van der Waals surface area contributed by atoms with Crippen LogP contribution in [0.15, 0.2) is 0 Å². The first kappa shape index (κ1) is 14.3. The largest absolute Gasteiger partial charge is 0.481 e. The first-order chi connectivity index (χ1) is 6.63. The molecule has 82 valence electrons. The van der Waals surface area contributed by atoms with Gasteiger partial charge in [0.05, 0.1) is 12.8 Å². The molecule has 0 aromatic carbocycles. The number of carboxylic acids is 2. The minimum Gasteiger partial charge on any atom is -0.481 e. The maximum Gasteiger partial charge on any atom is 0.304 e. The quantitative estimate of drug-likeness (QED) is 0.491. The molecule has 0 aromatic heterocycles. The first-order valence-electron chi connectivity index (χ1n) is 3.64. The van der Waals surface area contributed by atoms with Crippen LogP contribution in [0.4, 0.5) is 0 Å². The molecule has 0 heterocycles. The smallest absolute Gasteiger partial charge is 0.304 e. The van der Waals surface area contributed by atoms with E-state index in [2.05, 4.69) is 0 Å². The van der Waals surface area contributed by atoms with Gasteiger partial charge < -0.3 is 10.2 Å². The second kappa shape index (κ2) is 9.88. The van der Waals surface area contributed by atoms with Crippen molar-refractivity contribution in [1.29, 1.82) is 0 Å². The molecule has 0 aromatic rings. The van der Waals surface area contributed by atoms with E-state index in [9.17, 15) is 9.59 Å². The summed E-state index contributed by atoms with van der Waals surface area (Å²) in [5, 5.41) is 16.6. The summed E-state index contributed by atoms with van der Waals surface area (Å²) in [5.41, 5.74) is 0. The maximum atomic E-state index is 10.1. The molecule has 4 nitrogen and oxygen atoms in total. The summed E-state index contributed by atoms with van der Waals surface area (Å²) in [4.78, 5) is 20.2. The van der Waals surface area contributed by atoms with E-state index in [4.69, 9.17) is 10.2 Å². The summed E-state index contributed by atoms with van der Waals surface area (Å²) in [6.45, 7) is 0. The van der Waals surface area contributed by atoms with Gasteiger partial charge in [0.15, 0.2) is 0 Å². The lowest BCUT2D eigenvalue weighted by Gasteiger charge is -1.97. The normalized spacial score (nSPS) is 10.0. The number of hydrogen-bond acceptors (Lipinski definition) is 6. The summed E-state index contributed by atoms with van der Waals surface area (Å²) < 4.78 is 0. The van der Waals surface area contributed by atoms with Crippen molar-refractivity contribution in [2.24, 2.45) is 0 Å². The number of aliphatic carboxylic acids is 2. The van der Waals surface area contributed by atoms with Crippen LogP contribution >= 0.6 is 41.2 Å². The maximum absolute atomic E-state index is 10.1. The van der Waals surface area contributed by atoms with E-state index in [1.165, 1.54) is 41.2 Å². The molecular formula is C6H10O4S4. The fourth-order valence-electron chi connectivity index (χ4n) is 0.365. The number of carboxylic acid groups (broad SMARTS) is 2. The SMILES string of the molecule is O=C(O)CCSSSSCCC(=O)O. The van der Waals surface area contributed by atoms with Crippen LogP contribution in [0.5, 0.6) is 0 Å². The minimum absolute atomic E-state index is 0.165. The molecule has 0 saturated heterocycles. The highest BCUT2D eigenvalue weighted by Gasteiger charge is 1.99. The van der Waals surface area contributed by atoms with Gasteiger partial charge in [0.2, 0.25) is 0 Å². The molecule has 14 heavy (non-hydrogen) atoms. The summed E-state index contributed by atoms with van der Waals surface area (Å²) in [6.07, 6.45) is 0.329. The van der Waals surface area contributed by atoms with Crippen molar-refractivity contribution in [3.63, 3.8) is 0 Å². The number of rotatable bonds is 9. The Balaban J connectivity index is 2.99. The third-order valence-electron chi connectivity index (χ3n) is 0.923. The van der Waals surface area contributed by atoms with Gasteiger partial charge in [-0.2, -0.15) is 0 Å². The van der Waals surface area contributed by atoms with Crippen molar-refractivity contribution in [3.8, 4) is 0 Å². The molecule has 0 atom stereocenters. The third kappa shape index (κ3) is 12.3. The van der Waals surface area contributed by atoms with Gasteiger partial charge in [-0.1, -0.05) is 21.6 Å². The molecule has 0 aliphatic carbocycles. The third-order valence-corrected chi connectivity index (χ3v) is 7.39. The monoisotopic (exact) mass is 274 g/mol. The van der Waals surface area contributed by atoms with Crippen molar-refractivity contribution >= 4 is 53.2 Å². The van der Waals surface area contributed by atoms with Crippen molar-refractivity contribution in [1.82, 2.24) is 0 Å². The van der Waals surface area contributed by atoms with Crippen molar-refractivity contribution in [2.75, 3.05) is 11.5 Å². The molecule has 0 radical (unpaired) electrons. The first-order valence-corrected chi connectivity index (χ1v) is 8.79. The standard InChI is InChI=1S/C6H10O4S4/c7-5(8)1-3-11-13-14-12-4-2-6(9)10/h1-4H2,(H,7,8)(H,9,10). The van der Waals surface area contributed by atoms with Gasteiger partial charge in [-0.05, 0) is 19.7 Å². The van der Waals surface area contributed by atoms with Gasteiger partial charge in [0.1, 0.15) is 0 Å². The molecule has 0 aliphatic rings. The van der Waals surface area contributed by atoms with Crippen LogP contribution in [0.2, 0.25) is 0 Å². The van der Waals surface area contributed by atoms with Crippen LogP contribution in [0, 0.1) is 0 Å². The zero-order valence-corrected chi connectivity index (χ0v) is 10.4. The predicted molar refractivity (Wildman–Crippen MR) is 64.6 cm³/mol. The zero-order chi connectivity index (χ0) is 10.8. The second-order valence-corrected chi connectivity index (χ2v) is 8.31. The van der Waals surface area contributed by atoms with Gasteiger partial charge in [0.25, 0.3) is 0 Å². The number of carbonyl (C=O) groups is 2. The molecule has 0 saturated carbocycles. The Morgan fingerprint density at radius 3 is 1.50 bits per heavy atom. The Kier molecular flexibility index (Phi) is 10.1. The van der Waals surface area contributed by atoms with Crippen molar-refractivity contribution < 1.29 is 19.8 Å². The lowest BCUT2D eigenvalue weighted by Crippen LogP contribution is -1.94.